The minimum atomic E-state index is -1.62. The summed E-state index contributed by atoms with van der Waals surface area (Å²) in [5.74, 6) is 0.356. The van der Waals surface area contributed by atoms with Gasteiger partial charge in [-0.1, -0.05) is 0 Å². The lowest BCUT2D eigenvalue weighted by molar-refractivity contribution is -0.277. The second-order valence-electron chi connectivity index (χ2n) is 5.92. The lowest BCUT2D eigenvalue weighted by Crippen LogP contribution is -2.60. The van der Waals surface area contributed by atoms with Gasteiger partial charge in [-0.15, -0.1) is 0 Å². The van der Waals surface area contributed by atoms with Crippen LogP contribution in [0.15, 0.2) is 27.4 Å². The van der Waals surface area contributed by atoms with E-state index in [9.17, 15) is 25.2 Å². The molecule has 1 saturated heterocycles. The molecular weight excluding hydrogens is 364 g/mol. The van der Waals surface area contributed by atoms with Crippen molar-refractivity contribution < 1.29 is 43.8 Å². The van der Waals surface area contributed by atoms with Gasteiger partial charge in [0.25, 0.3) is 0 Å². The molecule has 5 atom stereocenters. The molecular formula is C17H20O10. The molecule has 27 heavy (non-hydrogen) atoms. The first-order valence-electron chi connectivity index (χ1n) is 8.07. The number of hydrogen-bond donors (Lipinski definition) is 4. The Morgan fingerprint density at radius 2 is 1.78 bits per heavy atom. The Balaban J connectivity index is 2.08. The maximum absolute atomic E-state index is 11.5. The maximum atomic E-state index is 11.5. The molecule has 1 aliphatic rings. The van der Waals surface area contributed by atoms with Gasteiger partial charge in [-0.25, -0.2) is 4.79 Å². The van der Waals surface area contributed by atoms with Gasteiger partial charge < -0.3 is 43.8 Å². The summed E-state index contributed by atoms with van der Waals surface area (Å²) in [6, 6.07) is 4.05. The summed E-state index contributed by atoms with van der Waals surface area (Å²) in [5, 5.41) is 39.7. The minimum absolute atomic E-state index is 0.0277. The van der Waals surface area contributed by atoms with Crippen LogP contribution < -0.4 is 19.8 Å². The zero-order valence-electron chi connectivity index (χ0n) is 14.6. The molecule has 4 N–H and O–H groups in total. The van der Waals surface area contributed by atoms with Crippen molar-refractivity contribution >= 4 is 11.0 Å². The van der Waals surface area contributed by atoms with Crippen molar-refractivity contribution in [2.75, 3.05) is 20.8 Å². The number of rotatable bonds is 5. The van der Waals surface area contributed by atoms with Crippen molar-refractivity contribution in [1.29, 1.82) is 0 Å². The van der Waals surface area contributed by atoms with Crippen molar-refractivity contribution in [1.82, 2.24) is 0 Å². The maximum Gasteiger partial charge on any atom is 0.336 e. The molecule has 0 amide bonds. The van der Waals surface area contributed by atoms with E-state index in [4.69, 9.17) is 23.4 Å². The molecule has 3 rings (SSSR count). The normalized spacial score (nSPS) is 28.1. The first-order chi connectivity index (χ1) is 12.9. The Morgan fingerprint density at radius 3 is 2.41 bits per heavy atom. The van der Waals surface area contributed by atoms with Gasteiger partial charge in [-0.3, -0.25) is 0 Å². The van der Waals surface area contributed by atoms with Crippen molar-refractivity contribution in [3.8, 4) is 17.2 Å². The van der Waals surface area contributed by atoms with E-state index in [0.29, 0.717) is 5.39 Å². The number of aliphatic hydroxyl groups excluding tert-OH is 4. The van der Waals surface area contributed by atoms with E-state index in [1.54, 1.807) is 0 Å². The number of hydrogen-bond acceptors (Lipinski definition) is 10. The molecule has 0 radical (unpaired) electrons. The topological polar surface area (TPSA) is 148 Å². The molecule has 0 spiro atoms. The summed E-state index contributed by atoms with van der Waals surface area (Å²) in [6.07, 6.45) is -7.34. The van der Waals surface area contributed by atoms with Crippen LogP contribution in [-0.4, -0.2) is 72.0 Å². The van der Waals surface area contributed by atoms with Crippen LogP contribution in [0.25, 0.3) is 11.0 Å². The molecule has 148 valence electrons. The fourth-order valence-corrected chi connectivity index (χ4v) is 2.89. The second kappa shape index (κ2) is 7.71. The van der Waals surface area contributed by atoms with Crippen molar-refractivity contribution in [2.45, 2.75) is 30.7 Å². The third-order valence-corrected chi connectivity index (χ3v) is 4.31. The van der Waals surface area contributed by atoms with Gasteiger partial charge in [0.2, 0.25) is 12.0 Å². The van der Waals surface area contributed by atoms with E-state index in [1.165, 1.54) is 32.4 Å². The van der Waals surface area contributed by atoms with Crippen LogP contribution in [0.4, 0.5) is 0 Å². The number of benzene rings is 1. The molecule has 1 aliphatic heterocycles. The molecule has 10 heteroatoms. The van der Waals surface area contributed by atoms with Crippen LogP contribution in [0.2, 0.25) is 0 Å². The van der Waals surface area contributed by atoms with Crippen molar-refractivity contribution in [3.05, 3.63) is 28.6 Å². The minimum Gasteiger partial charge on any atom is -0.493 e. The second-order valence-corrected chi connectivity index (χ2v) is 5.92. The van der Waals surface area contributed by atoms with Crippen LogP contribution >= 0.6 is 0 Å². The molecule has 2 aromatic rings. The molecule has 1 aromatic heterocycles. The van der Waals surface area contributed by atoms with Gasteiger partial charge in [0, 0.05) is 12.1 Å². The smallest absolute Gasteiger partial charge is 0.336 e. The lowest BCUT2D eigenvalue weighted by Gasteiger charge is -2.39. The molecule has 0 unspecified atom stereocenters. The number of fused-ring (bicyclic) bond motifs is 1. The highest BCUT2D eigenvalue weighted by atomic mass is 16.7. The standard InChI is InChI=1S/C17H20O10/c1-23-9-5-8-7(3-4-11(19)25-8)15(16(9)24-2)27-17-14(22)13(21)12(20)10(6-18)26-17/h3-5,10,12-14,17-18,20-22H,6H2,1-2H3/t10-,12+,13-,14-,17-/m1/s1. The van der Waals surface area contributed by atoms with Gasteiger partial charge in [-0.05, 0) is 6.07 Å². The fourth-order valence-electron chi connectivity index (χ4n) is 2.89. The predicted octanol–water partition coefficient (Wildman–Crippen LogP) is -1.01. The average molecular weight is 384 g/mol. The van der Waals surface area contributed by atoms with Crippen LogP contribution in [-0.2, 0) is 4.74 Å². The van der Waals surface area contributed by atoms with E-state index >= 15 is 0 Å². The molecule has 2 heterocycles. The molecule has 1 aromatic carbocycles. The fraction of sp³-hybridized carbons (Fsp3) is 0.471. The number of aliphatic hydroxyl groups is 4. The van der Waals surface area contributed by atoms with Gasteiger partial charge in [-0.2, -0.15) is 0 Å². The Kier molecular flexibility index (Phi) is 5.53. The summed E-state index contributed by atoms with van der Waals surface area (Å²) in [4.78, 5) is 11.5. The highest BCUT2D eigenvalue weighted by Crippen LogP contribution is 2.44. The quantitative estimate of drug-likeness (QED) is 0.473. The van der Waals surface area contributed by atoms with Gasteiger partial charge in [0.05, 0.1) is 26.2 Å². The monoisotopic (exact) mass is 384 g/mol. The molecule has 0 aliphatic carbocycles. The lowest BCUT2D eigenvalue weighted by atomic mass is 9.99. The van der Waals surface area contributed by atoms with Crippen LogP contribution in [0.5, 0.6) is 17.2 Å². The Bertz CT molecular complexity index is 861. The van der Waals surface area contributed by atoms with E-state index in [0.717, 1.165) is 0 Å². The Labute approximate surface area is 153 Å². The van der Waals surface area contributed by atoms with Crippen LogP contribution in [0.3, 0.4) is 0 Å². The zero-order valence-corrected chi connectivity index (χ0v) is 14.6. The van der Waals surface area contributed by atoms with E-state index in [-0.39, 0.29) is 22.8 Å². The SMILES string of the molecule is COc1cc2oc(=O)ccc2c(O[C@H]2O[C@H](CO)[C@H](O)[C@@H](O)[C@H]2O)c1OC. The highest BCUT2D eigenvalue weighted by molar-refractivity contribution is 5.89. The van der Waals surface area contributed by atoms with Gasteiger partial charge in [0.1, 0.15) is 30.0 Å². The largest absolute Gasteiger partial charge is 0.493 e. The zero-order chi connectivity index (χ0) is 19.7. The Morgan fingerprint density at radius 1 is 1.04 bits per heavy atom. The van der Waals surface area contributed by atoms with E-state index in [1.807, 2.05) is 0 Å². The summed E-state index contributed by atoms with van der Waals surface area (Å²) >= 11 is 0. The number of methoxy groups -OCH3 is 2. The van der Waals surface area contributed by atoms with Crippen LogP contribution in [0, 0.1) is 0 Å². The first kappa shape index (κ1) is 19.4. The highest BCUT2D eigenvalue weighted by Gasteiger charge is 2.45. The summed E-state index contributed by atoms with van der Waals surface area (Å²) in [7, 11) is 2.74. The van der Waals surface area contributed by atoms with Gasteiger partial charge in [0.15, 0.2) is 11.5 Å². The molecule has 1 fully saturated rings. The first-order valence-corrected chi connectivity index (χ1v) is 8.07. The van der Waals surface area contributed by atoms with Crippen molar-refractivity contribution in [2.24, 2.45) is 0 Å². The Hall–Kier alpha value is -2.37. The predicted molar refractivity (Wildman–Crippen MR) is 90.0 cm³/mol. The van der Waals surface area contributed by atoms with E-state index < -0.39 is 42.9 Å². The van der Waals surface area contributed by atoms with Crippen molar-refractivity contribution in [3.63, 3.8) is 0 Å². The third kappa shape index (κ3) is 3.45. The van der Waals surface area contributed by atoms with Crippen LogP contribution in [0.1, 0.15) is 0 Å². The molecule has 0 saturated carbocycles. The van der Waals surface area contributed by atoms with Gasteiger partial charge >= 0.3 is 5.63 Å². The summed E-state index contributed by atoms with van der Waals surface area (Å²) < 4.78 is 26.7. The van der Waals surface area contributed by atoms with E-state index in [2.05, 4.69) is 0 Å². The summed E-state index contributed by atoms with van der Waals surface area (Å²) in [6.45, 7) is -0.602. The number of ether oxygens (including phenoxy) is 4. The average Bonchev–Trinajstić information content (AvgIpc) is 2.67. The third-order valence-electron chi connectivity index (χ3n) is 4.31. The molecule has 10 nitrogen and oxygen atoms in total. The summed E-state index contributed by atoms with van der Waals surface area (Å²) in [5.41, 5.74) is -0.451. The molecule has 0 bridgehead atoms.